The molecule has 0 bridgehead atoms. The van der Waals surface area contributed by atoms with Gasteiger partial charge in [-0.05, 0) is 6.42 Å². The zero-order valence-corrected chi connectivity index (χ0v) is 11.8. The minimum absolute atomic E-state index is 0.190. The predicted molar refractivity (Wildman–Crippen MR) is 68.9 cm³/mol. The quantitative estimate of drug-likeness (QED) is 0.579. The molecule has 0 amide bonds. The Hall–Kier alpha value is -0.210. The van der Waals surface area contributed by atoms with Gasteiger partial charge in [0.25, 0.3) is 10.2 Å². The van der Waals surface area contributed by atoms with Gasteiger partial charge < -0.3 is 10.5 Å². The number of likely N-dealkylation sites (N-methyl/N-ethyl adjacent to an activating group) is 1. The second-order valence-corrected chi connectivity index (χ2v) is 5.82. The molecule has 7 heteroatoms. The van der Waals surface area contributed by atoms with Crippen molar-refractivity contribution < 1.29 is 13.2 Å². The molecule has 0 aliphatic heterocycles. The van der Waals surface area contributed by atoms with Gasteiger partial charge in [0, 0.05) is 33.3 Å². The Bertz CT molecular complexity index is 283. The van der Waals surface area contributed by atoms with Crippen molar-refractivity contribution in [2.75, 3.05) is 33.9 Å². The molecule has 0 rings (SSSR count). The monoisotopic (exact) mass is 267 g/mol. The van der Waals surface area contributed by atoms with E-state index in [9.17, 15) is 8.42 Å². The van der Waals surface area contributed by atoms with Crippen LogP contribution in [0, 0.1) is 0 Å². The first-order chi connectivity index (χ1) is 7.97. The number of ether oxygens (including phenoxy) is 1. The third-order valence-corrected chi connectivity index (χ3v) is 4.16. The Morgan fingerprint density at radius 3 is 2.59 bits per heavy atom. The molecule has 0 heterocycles. The first-order valence-corrected chi connectivity index (χ1v) is 7.34. The molecule has 0 aromatic carbocycles. The van der Waals surface area contributed by atoms with Crippen molar-refractivity contribution in [3.63, 3.8) is 0 Å². The topological polar surface area (TPSA) is 84.7 Å². The summed E-state index contributed by atoms with van der Waals surface area (Å²) in [4.78, 5) is 0. The Balaban J connectivity index is 4.29. The smallest absolute Gasteiger partial charge is 0.279 e. The molecule has 1 unspecified atom stereocenters. The normalized spacial score (nSPS) is 14.2. The highest BCUT2D eigenvalue weighted by Crippen LogP contribution is 2.03. The summed E-state index contributed by atoms with van der Waals surface area (Å²) >= 11 is 0. The lowest BCUT2D eigenvalue weighted by atomic mass is 10.1. The van der Waals surface area contributed by atoms with Gasteiger partial charge in [0.15, 0.2) is 0 Å². The van der Waals surface area contributed by atoms with Crippen molar-refractivity contribution in [1.82, 2.24) is 9.03 Å². The van der Waals surface area contributed by atoms with E-state index in [2.05, 4.69) is 11.6 Å². The molecule has 0 saturated carbocycles. The average molecular weight is 267 g/mol. The first-order valence-electron chi connectivity index (χ1n) is 5.90. The Kier molecular flexibility index (Phi) is 8.71. The minimum Gasteiger partial charge on any atom is -0.383 e. The fourth-order valence-electron chi connectivity index (χ4n) is 1.32. The molecule has 3 N–H and O–H groups in total. The summed E-state index contributed by atoms with van der Waals surface area (Å²) in [7, 11) is -0.389. The van der Waals surface area contributed by atoms with Crippen LogP contribution in [0.4, 0.5) is 0 Å². The van der Waals surface area contributed by atoms with Crippen molar-refractivity contribution in [1.29, 1.82) is 0 Å². The van der Waals surface area contributed by atoms with Crippen LogP contribution in [0.25, 0.3) is 0 Å². The number of nitrogens with two attached hydrogens (primary N) is 1. The van der Waals surface area contributed by atoms with E-state index in [-0.39, 0.29) is 6.04 Å². The lowest BCUT2D eigenvalue weighted by Crippen LogP contribution is -2.47. The summed E-state index contributed by atoms with van der Waals surface area (Å²) in [6.45, 7) is 3.08. The molecule has 1 atom stereocenters. The number of nitrogens with one attached hydrogen (secondary N) is 1. The predicted octanol–water partition coefficient (Wildman–Crippen LogP) is -0.0835. The zero-order chi connectivity index (χ0) is 13.3. The summed E-state index contributed by atoms with van der Waals surface area (Å²) in [6, 6.07) is -0.190. The average Bonchev–Trinajstić information content (AvgIpc) is 2.31. The van der Waals surface area contributed by atoms with E-state index in [0.717, 1.165) is 19.3 Å². The van der Waals surface area contributed by atoms with E-state index in [1.165, 1.54) is 18.5 Å². The molecule has 104 valence electrons. The minimum atomic E-state index is -3.45. The molecule has 0 fully saturated rings. The fraction of sp³-hybridized carbons (Fsp3) is 1.00. The van der Waals surface area contributed by atoms with Gasteiger partial charge in [-0.2, -0.15) is 17.4 Å². The number of unbranched alkanes of at least 4 members (excludes halogenated alkanes) is 1. The summed E-state index contributed by atoms with van der Waals surface area (Å²) < 4.78 is 32.4. The third-order valence-electron chi connectivity index (χ3n) is 2.53. The van der Waals surface area contributed by atoms with Crippen LogP contribution in [0.5, 0.6) is 0 Å². The third kappa shape index (κ3) is 6.95. The highest BCUT2D eigenvalue weighted by Gasteiger charge is 2.20. The number of rotatable bonds is 10. The van der Waals surface area contributed by atoms with Crippen LogP contribution in [0.15, 0.2) is 0 Å². The second-order valence-electron chi connectivity index (χ2n) is 4.01. The Labute approximate surface area is 105 Å². The van der Waals surface area contributed by atoms with Crippen LogP contribution >= 0.6 is 0 Å². The molecular weight excluding hydrogens is 242 g/mol. The van der Waals surface area contributed by atoms with Gasteiger partial charge >= 0.3 is 0 Å². The molecule has 17 heavy (non-hydrogen) atoms. The highest BCUT2D eigenvalue weighted by atomic mass is 32.2. The van der Waals surface area contributed by atoms with Gasteiger partial charge in [0.2, 0.25) is 0 Å². The van der Waals surface area contributed by atoms with Crippen LogP contribution in [0.2, 0.25) is 0 Å². The standard InChI is InChI=1S/C10H25N3O3S/c1-4-5-6-10(9-11)12-17(14,15)13(2)7-8-16-3/h10,12H,4-9,11H2,1-3H3. The maximum absolute atomic E-state index is 11.9. The lowest BCUT2D eigenvalue weighted by molar-refractivity contribution is 0.184. The highest BCUT2D eigenvalue weighted by molar-refractivity contribution is 7.87. The zero-order valence-electron chi connectivity index (χ0n) is 11.0. The van der Waals surface area contributed by atoms with Crippen molar-refractivity contribution in [2.24, 2.45) is 5.73 Å². The van der Waals surface area contributed by atoms with Gasteiger partial charge in [-0.25, -0.2) is 0 Å². The summed E-state index contributed by atoms with van der Waals surface area (Å²) in [5, 5.41) is 0. The number of hydrogen-bond acceptors (Lipinski definition) is 4. The SMILES string of the molecule is CCCCC(CN)NS(=O)(=O)N(C)CCOC. The molecule has 0 radical (unpaired) electrons. The fourth-order valence-corrected chi connectivity index (χ4v) is 2.45. The van der Waals surface area contributed by atoms with Crippen LogP contribution in [-0.2, 0) is 14.9 Å². The molecule has 0 aliphatic rings. The van der Waals surface area contributed by atoms with Crippen molar-refractivity contribution in [3.05, 3.63) is 0 Å². The summed E-state index contributed by atoms with van der Waals surface area (Å²) in [5.74, 6) is 0. The van der Waals surface area contributed by atoms with Gasteiger partial charge in [-0.3, -0.25) is 0 Å². The lowest BCUT2D eigenvalue weighted by Gasteiger charge is -2.22. The van der Waals surface area contributed by atoms with Crippen molar-refractivity contribution in [3.8, 4) is 0 Å². The van der Waals surface area contributed by atoms with E-state index >= 15 is 0 Å². The van der Waals surface area contributed by atoms with E-state index < -0.39 is 10.2 Å². The molecule has 6 nitrogen and oxygen atoms in total. The van der Waals surface area contributed by atoms with E-state index in [1.807, 2.05) is 0 Å². The molecule has 0 saturated heterocycles. The van der Waals surface area contributed by atoms with Crippen LogP contribution in [0.3, 0.4) is 0 Å². The van der Waals surface area contributed by atoms with E-state index in [0.29, 0.717) is 19.7 Å². The number of hydrogen-bond donors (Lipinski definition) is 2. The van der Waals surface area contributed by atoms with Crippen LogP contribution in [-0.4, -0.2) is 52.6 Å². The van der Waals surface area contributed by atoms with Gasteiger partial charge in [-0.1, -0.05) is 19.8 Å². The molecule has 0 aromatic rings. The Morgan fingerprint density at radius 2 is 2.12 bits per heavy atom. The van der Waals surface area contributed by atoms with Crippen LogP contribution in [0.1, 0.15) is 26.2 Å². The molecule has 0 aromatic heterocycles. The van der Waals surface area contributed by atoms with Gasteiger partial charge in [-0.15, -0.1) is 0 Å². The number of methoxy groups -OCH3 is 1. The van der Waals surface area contributed by atoms with Crippen molar-refractivity contribution in [2.45, 2.75) is 32.2 Å². The van der Waals surface area contributed by atoms with E-state index in [1.54, 1.807) is 0 Å². The maximum Gasteiger partial charge on any atom is 0.279 e. The second kappa shape index (κ2) is 8.82. The largest absolute Gasteiger partial charge is 0.383 e. The maximum atomic E-state index is 11.9. The first kappa shape index (κ1) is 16.8. The van der Waals surface area contributed by atoms with Crippen molar-refractivity contribution >= 4 is 10.2 Å². The van der Waals surface area contributed by atoms with Crippen LogP contribution < -0.4 is 10.5 Å². The summed E-state index contributed by atoms with van der Waals surface area (Å²) in [6.07, 6.45) is 2.76. The number of nitrogens with zero attached hydrogens (tertiary/aromatic N) is 1. The van der Waals surface area contributed by atoms with Gasteiger partial charge in [0.1, 0.15) is 0 Å². The molecular formula is C10H25N3O3S. The molecule has 0 aliphatic carbocycles. The van der Waals surface area contributed by atoms with E-state index in [4.69, 9.17) is 10.5 Å². The van der Waals surface area contributed by atoms with Gasteiger partial charge in [0.05, 0.1) is 6.61 Å². The Morgan fingerprint density at radius 1 is 1.47 bits per heavy atom. The molecule has 0 spiro atoms. The summed E-state index contributed by atoms with van der Waals surface area (Å²) in [5.41, 5.74) is 5.55.